The summed E-state index contributed by atoms with van der Waals surface area (Å²) < 4.78 is 9.36. The van der Waals surface area contributed by atoms with E-state index in [1.165, 1.54) is 36.9 Å². The fourth-order valence-corrected chi connectivity index (χ4v) is 7.93. The molecule has 0 saturated heterocycles. The van der Waals surface area contributed by atoms with Gasteiger partial charge in [0.2, 0.25) is 0 Å². The van der Waals surface area contributed by atoms with Crippen LogP contribution >= 0.6 is 11.3 Å². The first kappa shape index (κ1) is 32.5. The number of thiophene rings is 1. The van der Waals surface area contributed by atoms with E-state index in [0.717, 1.165) is 65.3 Å². The lowest BCUT2D eigenvalue weighted by atomic mass is 9.75. The number of ether oxygens (including phenoxy) is 1. The molecule has 5 aromatic carbocycles. The van der Waals surface area contributed by atoms with Gasteiger partial charge in [-0.05, 0) is 66.9 Å². The third-order valence-corrected chi connectivity index (χ3v) is 10.7. The highest BCUT2D eigenvalue weighted by Crippen LogP contribution is 2.53. The van der Waals surface area contributed by atoms with Gasteiger partial charge in [0, 0.05) is 43.3 Å². The molecule has 0 aliphatic carbocycles. The Bertz CT molecular complexity index is 2240. The third kappa shape index (κ3) is 6.66. The first-order chi connectivity index (χ1) is 24.0. The molecule has 7 rings (SSSR count). The van der Waals surface area contributed by atoms with Crippen LogP contribution in [0.15, 0.2) is 143 Å². The van der Waals surface area contributed by atoms with Crippen LogP contribution in [0.5, 0.6) is 11.5 Å². The molecule has 0 spiro atoms. The Balaban J connectivity index is 1.25. The summed E-state index contributed by atoms with van der Waals surface area (Å²) in [7, 11) is 0. The lowest BCUT2D eigenvalue weighted by Crippen LogP contribution is -2.24. The molecule has 0 bridgehead atoms. The van der Waals surface area contributed by atoms with E-state index in [0.29, 0.717) is 6.54 Å². The third-order valence-electron chi connectivity index (χ3n) is 9.50. The van der Waals surface area contributed by atoms with Crippen LogP contribution in [0.2, 0.25) is 0 Å². The normalized spacial score (nSPS) is 14.2. The summed E-state index contributed by atoms with van der Waals surface area (Å²) in [5, 5.41) is 2.54. The zero-order valence-corrected chi connectivity index (χ0v) is 29.4. The summed E-state index contributed by atoms with van der Waals surface area (Å²) in [5.74, 6) is 1.90. The number of benzene rings is 5. The van der Waals surface area contributed by atoms with E-state index in [1.54, 1.807) is 0 Å². The molecule has 0 fully saturated rings. The molecule has 0 saturated carbocycles. The molecule has 0 radical (unpaired) electrons. The van der Waals surface area contributed by atoms with Crippen molar-refractivity contribution < 1.29 is 4.74 Å². The van der Waals surface area contributed by atoms with Crippen LogP contribution in [0.4, 0.5) is 0 Å². The van der Waals surface area contributed by atoms with Gasteiger partial charge in [0.1, 0.15) is 11.5 Å². The largest absolute Gasteiger partial charge is 0.455 e. The van der Waals surface area contributed by atoms with Gasteiger partial charge >= 0.3 is 0 Å². The van der Waals surface area contributed by atoms with E-state index >= 15 is 0 Å². The van der Waals surface area contributed by atoms with Gasteiger partial charge < -0.3 is 4.74 Å². The van der Waals surface area contributed by atoms with Crippen LogP contribution < -0.4 is 4.74 Å². The minimum absolute atomic E-state index is 0.199. The summed E-state index contributed by atoms with van der Waals surface area (Å²) in [6.45, 7) is 11.3. The van der Waals surface area contributed by atoms with Crippen molar-refractivity contribution in [1.82, 2.24) is 0 Å². The summed E-state index contributed by atoms with van der Waals surface area (Å²) in [6, 6.07) is 38.9. The minimum Gasteiger partial charge on any atom is -0.455 e. The number of fused-ring (bicyclic) bond motifs is 6. The maximum absolute atomic E-state index is 6.86. The average Bonchev–Trinajstić information content (AvgIpc) is 3.52. The quantitative estimate of drug-likeness (QED) is 0.101. The van der Waals surface area contributed by atoms with Gasteiger partial charge in [-0.25, -0.2) is 0 Å². The average molecular weight is 659 g/mol. The topological polar surface area (TPSA) is 34.0 Å². The van der Waals surface area contributed by atoms with E-state index in [1.807, 2.05) is 17.4 Å². The van der Waals surface area contributed by atoms with Gasteiger partial charge in [-0.1, -0.05) is 130 Å². The molecule has 1 aliphatic rings. The van der Waals surface area contributed by atoms with Gasteiger partial charge in [0.15, 0.2) is 0 Å². The second-order valence-electron chi connectivity index (χ2n) is 13.2. The van der Waals surface area contributed by atoms with Gasteiger partial charge in [-0.2, -0.15) is 0 Å². The Hall–Kier alpha value is -5.06. The fraction of sp³-hybridized carbons (Fsp3) is 0.200. The number of rotatable bonds is 11. The minimum atomic E-state index is -0.199. The van der Waals surface area contributed by atoms with Crippen LogP contribution in [0.25, 0.3) is 31.3 Å². The number of aliphatic imine (C=N–C) groups is 2. The molecule has 49 heavy (non-hydrogen) atoms. The molecule has 3 nitrogen and oxygen atoms in total. The maximum Gasteiger partial charge on any atom is 0.149 e. The maximum atomic E-state index is 6.86. The summed E-state index contributed by atoms with van der Waals surface area (Å²) >= 11 is 1.82. The van der Waals surface area contributed by atoms with Gasteiger partial charge in [-0.15, -0.1) is 11.3 Å². The van der Waals surface area contributed by atoms with Crippen LogP contribution in [-0.4, -0.2) is 12.4 Å². The van der Waals surface area contributed by atoms with Gasteiger partial charge in [-0.3, -0.25) is 9.98 Å². The Morgan fingerprint density at radius 2 is 1.57 bits per heavy atom. The van der Waals surface area contributed by atoms with Crippen molar-refractivity contribution in [2.45, 2.75) is 58.4 Å². The lowest BCUT2D eigenvalue weighted by molar-refractivity contribution is 0.424. The van der Waals surface area contributed by atoms with Gasteiger partial charge in [0.05, 0.1) is 17.0 Å². The molecule has 244 valence electrons. The molecule has 0 unspecified atom stereocenters. The predicted molar refractivity (Wildman–Crippen MR) is 211 cm³/mol. The van der Waals surface area contributed by atoms with Crippen molar-refractivity contribution in [2.75, 3.05) is 0 Å². The molecule has 4 heteroatoms. The molecular formula is C45H42N2OS. The van der Waals surface area contributed by atoms with Crippen molar-refractivity contribution in [3.8, 4) is 22.6 Å². The number of hydrogen-bond donors (Lipinski definition) is 0. The summed E-state index contributed by atoms with van der Waals surface area (Å²) in [4.78, 5) is 9.52. The molecule has 0 N–H and O–H groups in total. The summed E-state index contributed by atoms with van der Waals surface area (Å²) in [5.41, 5.74) is 8.51. The number of unbranched alkanes of at least 4 members (excludes halogenated alkanes) is 1. The first-order valence-electron chi connectivity index (χ1n) is 17.2. The summed E-state index contributed by atoms with van der Waals surface area (Å²) in [6.07, 6.45) is 10.6. The van der Waals surface area contributed by atoms with E-state index in [4.69, 9.17) is 9.73 Å². The van der Waals surface area contributed by atoms with Crippen molar-refractivity contribution >= 4 is 43.9 Å². The molecule has 0 atom stereocenters. The Morgan fingerprint density at radius 3 is 2.41 bits per heavy atom. The van der Waals surface area contributed by atoms with Crippen molar-refractivity contribution in [3.63, 3.8) is 0 Å². The highest BCUT2D eigenvalue weighted by molar-refractivity contribution is 7.26. The molecule has 2 heterocycles. The zero-order valence-electron chi connectivity index (χ0n) is 28.6. The van der Waals surface area contributed by atoms with Crippen molar-refractivity contribution in [3.05, 3.63) is 155 Å². The van der Waals surface area contributed by atoms with Gasteiger partial charge in [0.25, 0.3) is 0 Å². The smallest absolute Gasteiger partial charge is 0.149 e. The zero-order chi connectivity index (χ0) is 33.8. The molecule has 1 aliphatic heterocycles. The monoisotopic (exact) mass is 658 g/mol. The second-order valence-corrected chi connectivity index (χ2v) is 14.3. The Kier molecular flexibility index (Phi) is 9.41. The highest BCUT2D eigenvalue weighted by Gasteiger charge is 2.36. The van der Waals surface area contributed by atoms with E-state index in [9.17, 15) is 0 Å². The Labute approximate surface area is 294 Å². The first-order valence-corrected chi connectivity index (χ1v) is 18.1. The highest BCUT2D eigenvalue weighted by atomic mass is 32.1. The number of nitrogens with zero attached hydrogens (tertiary/aromatic N) is 2. The van der Waals surface area contributed by atoms with Crippen LogP contribution in [-0.2, 0) is 12.0 Å². The van der Waals surface area contributed by atoms with Crippen molar-refractivity contribution in [1.29, 1.82) is 0 Å². The van der Waals surface area contributed by atoms with Crippen LogP contribution in [0.3, 0.4) is 0 Å². The van der Waals surface area contributed by atoms with Crippen molar-refractivity contribution in [2.24, 2.45) is 9.98 Å². The molecular weight excluding hydrogens is 617 g/mol. The SMILES string of the molecule is C=N/C(=C\C(=N/Cc1ccccc1)c1cccc(-c2ccc3c(c2)Oc2c(ccc4c2sc2ccccc24)C3(C)C)c1)CC/C=C\CCC. The van der Waals surface area contributed by atoms with Crippen LogP contribution in [0, 0.1) is 0 Å². The predicted octanol–water partition coefficient (Wildman–Crippen LogP) is 12.9. The lowest BCUT2D eigenvalue weighted by Gasteiger charge is -2.35. The number of hydrogen-bond acceptors (Lipinski definition) is 4. The molecule has 6 aromatic rings. The second kappa shape index (κ2) is 14.2. The van der Waals surface area contributed by atoms with E-state index in [-0.39, 0.29) is 5.41 Å². The standard InChI is InChI=1S/C45H42N2OS/c1-5-6-7-8-12-20-35(46-4)29-40(47-30-31-16-10-9-11-17-31)34-19-15-18-32(27-34)33-23-25-38-41(28-33)48-43-39(45(38,2)3)26-24-37-36-21-13-14-22-42(36)49-44(37)43/h7-11,13-19,21-29H,4-6,12,20,30H2,1-3H3/b8-7-,35-29-,47-40+. The molecule has 1 aromatic heterocycles. The van der Waals surface area contributed by atoms with E-state index in [2.05, 4.69) is 154 Å². The fourth-order valence-electron chi connectivity index (χ4n) is 6.74. The van der Waals surface area contributed by atoms with E-state index < -0.39 is 0 Å². The Morgan fingerprint density at radius 1 is 0.796 bits per heavy atom. The molecule has 0 amide bonds. The van der Waals surface area contributed by atoms with Crippen LogP contribution in [0.1, 0.15) is 68.7 Å². The number of allylic oxidation sites excluding steroid dienone is 4.